The van der Waals surface area contributed by atoms with E-state index in [0.29, 0.717) is 46.2 Å². The largest absolute Gasteiger partial charge is 0.460 e. The minimum absolute atomic E-state index is 0.229. The van der Waals surface area contributed by atoms with Crippen LogP contribution in [0.25, 0.3) is 0 Å². The van der Waals surface area contributed by atoms with Gasteiger partial charge in [0, 0.05) is 12.7 Å². The van der Waals surface area contributed by atoms with Gasteiger partial charge in [-0.3, -0.25) is 0 Å². The van der Waals surface area contributed by atoms with Crippen molar-refractivity contribution in [2.75, 3.05) is 59.5 Å². The average molecular weight is 389 g/mol. The van der Waals surface area contributed by atoms with Gasteiger partial charge in [0.05, 0.1) is 46.2 Å². The highest BCUT2D eigenvalue weighted by Gasteiger charge is 1.96. The maximum absolute atomic E-state index is 10.8. The Balaban J connectivity index is 3.01. The predicted molar refractivity (Wildman–Crippen MR) is 107 cm³/mol. The van der Waals surface area contributed by atoms with Crippen LogP contribution in [-0.4, -0.2) is 65.4 Å². The van der Waals surface area contributed by atoms with Crippen molar-refractivity contribution in [2.45, 2.75) is 58.3 Å². The summed E-state index contributed by atoms with van der Waals surface area (Å²) in [5.41, 5.74) is 0. The third-order valence-corrected chi connectivity index (χ3v) is 3.90. The van der Waals surface area contributed by atoms with Gasteiger partial charge in [0.15, 0.2) is 0 Å². The second-order valence-corrected chi connectivity index (χ2v) is 6.30. The molecule has 27 heavy (non-hydrogen) atoms. The van der Waals surface area contributed by atoms with Crippen LogP contribution in [0, 0.1) is 0 Å². The van der Waals surface area contributed by atoms with Crippen molar-refractivity contribution >= 4 is 5.97 Å². The lowest BCUT2D eigenvalue weighted by Crippen LogP contribution is -2.14. The van der Waals surface area contributed by atoms with E-state index in [0.717, 1.165) is 19.1 Å². The number of hydrogen-bond acceptors (Lipinski definition) is 6. The number of unbranched alkanes of at least 4 members (excludes halogenated alkanes) is 7. The Morgan fingerprint density at radius 3 is 1.52 bits per heavy atom. The van der Waals surface area contributed by atoms with Gasteiger partial charge in [0.25, 0.3) is 0 Å². The van der Waals surface area contributed by atoms with E-state index < -0.39 is 5.97 Å². The smallest absolute Gasteiger partial charge is 0.330 e. The standard InChI is InChI=1S/C21H40O6/c1-3-5-6-7-8-9-10-11-12-23-13-14-24-15-16-25-17-18-26-19-20-27-21(22)4-2/h4H,2-3,5-20H2,1H3. The van der Waals surface area contributed by atoms with E-state index in [1.807, 2.05) is 0 Å². The van der Waals surface area contributed by atoms with E-state index in [1.165, 1.54) is 44.9 Å². The molecule has 0 saturated heterocycles. The number of carbonyl (C=O) groups is 1. The van der Waals surface area contributed by atoms with Crippen molar-refractivity contribution in [1.29, 1.82) is 0 Å². The third-order valence-electron chi connectivity index (χ3n) is 3.90. The molecule has 0 N–H and O–H groups in total. The summed E-state index contributed by atoms with van der Waals surface area (Å²) in [7, 11) is 0. The molecule has 0 fully saturated rings. The molecule has 6 nitrogen and oxygen atoms in total. The van der Waals surface area contributed by atoms with Gasteiger partial charge in [0.1, 0.15) is 6.61 Å². The fourth-order valence-electron chi connectivity index (χ4n) is 2.36. The quantitative estimate of drug-likeness (QED) is 0.159. The summed E-state index contributed by atoms with van der Waals surface area (Å²) in [5, 5.41) is 0. The molecule has 0 atom stereocenters. The zero-order valence-corrected chi connectivity index (χ0v) is 17.3. The fraction of sp³-hybridized carbons (Fsp3) is 0.857. The Kier molecular flexibility index (Phi) is 22.3. The summed E-state index contributed by atoms with van der Waals surface area (Å²) in [6, 6.07) is 0. The van der Waals surface area contributed by atoms with Crippen molar-refractivity contribution in [3.8, 4) is 0 Å². The van der Waals surface area contributed by atoms with E-state index in [9.17, 15) is 4.79 Å². The van der Waals surface area contributed by atoms with E-state index in [2.05, 4.69) is 13.5 Å². The summed E-state index contributed by atoms with van der Waals surface area (Å²) in [6.45, 7) is 10.3. The van der Waals surface area contributed by atoms with Crippen molar-refractivity contribution in [3.05, 3.63) is 12.7 Å². The molecule has 0 heterocycles. The maximum atomic E-state index is 10.8. The molecule has 0 rings (SSSR count). The Bertz CT molecular complexity index is 322. The summed E-state index contributed by atoms with van der Waals surface area (Å²) in [6.07, 6.45) is 11.7. The monoisotopic (exact) mass is 388 g/mol. The van der Waals surface area contributed by atoms with Gasteiger partial charge in [-0.05, 0) is 6.42 Å². The minimum atomic E-state index is -0.436. The summed E-state index contributed by atoms with van der Waals surface area (Å²) in [5.74, 6) is -0.436. The summed E-state index contributed by atoms with van der Waals surface area (Å²) < 4.78 is 26.4. The number of rotatable bonds is 22. The first-order chi connectivity index (χ1) is 13.3. The van der Waals surface area contributed by atoms with Crippen LogP contribution in [0.15, 0.2) is 12.7 Å². The van der Waals surface area contributed by atoms with E-state index >= 15 is 0 Å². The van der Waals surface area contributed by atoms with Crippen molar-refractivity contribution in [1.82, 2.24) is 0 Å². The lowest BCUT2D eigenvalue weighted by molar-refractivity contribution is -0.139. The first-order valence-electron chi connectivity index (χ1n) is 10.4. The number of hydrogen-bond donors (Lipinski definition) is 0. The van der Waals surface area contributed by atoms with Crippen LogP contribution in [0.2, 0.25) is 0 Å². The highest BCUT2D eigenvalue weighted by atomic mass is 16.6. The number of carbonyl (C=O) groups excluding carboxylic acids is 1. The molecule has 0 amide bonds. The van der Waals surface area contributed by atoms with E-state index in [4.69, 9.17) is 23.7 Å². The molecule has 0 aliphatic rings. The van der Waals surface area contributed by atoms with Crippen LogP contribution >= 0.6 is 0 Å². The molecule has 160 valence electrons. The van der Waals surface area contributed by atoms with Gasteiger partial charge >= 0.3 is 5.97 Å². The van der Waals surface area contributed by atoms with Gasteiger partial charge < -0.3 is 23.7 Å². The zero-order valence-electron chi connectivity index (χ0n) is 17.3. The average Bonchev–Trinajstić information content (AvgIpc) is 2.68. The van der Waals surface area contributed by atoms with Crippen molar-refractivity contribution in [3.63, 3.8) is 0 Å². The highest BCUT2D eigenvalue weighted by Crippen LogP contribution is 2.08. The molecule has 0 aromatic heterocycles. The molecule has 6 heteroatoms. The topological polar surface area (TPSA) is 63.2 Å². The zero-order chi connectivity index (χ0) is 19.8. The molecular weight excluding hydrogens is 348 g/mol. The van der Waals surface area contributed by atoms with Crippen LogP contribution in [-0.2, 0) is 28.5 Å². The molecule has 0 unspecified atom stereocenters. The van der Waals surface area contributed by atoms with Gasteiger partial charge in [-0.2, -0.15) is 0 Å². The van der Waals surface area contributed by atoms with E-state index in [-0.39, 0.29) is 6.61 Å². The summed E-state index contributed by atoms with van der Waals surface area (Å²) >= 11 is 0. The fourth-order valence-corrected chi connectivity index (χ4v) is 2.36. The Labute approximate surface area is 165 Å². The molecule has 0 bridgehead atoms. The lowest BCUT2D eigenvalue weighted by atomic mass is 10.1. The Morgan fingerprint density at radius 2 is 1.04 bits per heavy atom. The van der Waals surface area contributed by atoms with Crippen molar-refractivity contribution < 1.29 is 28.5 Å². The molecule has 0 radical (unpaired) electrons. The molecule has 0 saturated carbocycles. The van der Waals surface area contributed by atoms with Gasteiger partial charge in [0.2, 0.25) is 0 Å². The second kappa shape index (κ2) is 23.1. The van der Waals surface area contributed by atoms with Gasteiger partial charge in [-0.1, -0.05) is 58.4 Å². The van der Waals surface area contributed by atoms with Gasteiger partial charge in [-0.25, -0.2) is 4.79 Å². The molecular formula is C21H40O6. The summed E-state index contributed by atoms with van der Waals surface area (Å²) in [4.78, 5) is 10.8. The Morgan fingerprint density at radius 1 is 0.630 bits per heavy atom. The second-order valence-electron chi connectivity index (χ2n) is 6.30. The lowest BCUT2D eigenvalue weighted by Gasteiger charge is -2.07. The first-order valence-corrected chi connectivity index (χ1v) is 10.4. The molecule has 0 spiro atoms. The molecule has 0 aromatic carbocycles. The first kappa shape index (κ1) is 26.1. The third kappa shape index (κ3) is 23.0. The SMILES string of the molecule is C=CC(=O)OCCOCCOCCOCCOCCCCCCCCCC. The van der Waals surface area contributed by atoms with Crippen LogP contribution in [0.3, 0.4) is 0 Å². The predicted octanol–water partition coefficient (Wildman–Crippen LogP) is 3.92. The van der Waals surface area contributed by atoms with Crippen LogP contribution < -0.4 is 0 Å². The molecule has 0 aromatic rings. The van der Waals surface area contributed by atoms with Crippen LogP contribution in [0.5, 0.6) is 0 Å². The molecule has 0 aliphatic heterocycles. The number of esters is 1. The normalized spacial score (nSPS) is 10.9. The Hall–Kier alpha value is -0.950. The van der Waals surface area contributed by atoms with Crippen LogP contribution in [0.4, 0.5) is 0 Å². The molecule has 0 aliphatic carbocycles. The highest BCUT2D eigenvalue weighted by molar-refractivity contribution is 5.81. The van der Waals surface area contributed by atoms with Crippen molar-refractivity contribution in [2.24, 2.45) is 0 Å². The minimum Gasteiger partial charge on any atom is -0.460 e. The van der Waals surface area contributed by atoms with E-state index in [1.54, 1.807) is 0 Å². The number of ether oxygens (including phenoxy) is 5. The van der Waals surface area contributed by atoms with Gasteiger partial charge in [-0.15, -0.1) is 0 Å². The van der Waals surface area contributed by atoms with Crippen LogP contribution in [0.1, 0.15) is 58.3 Å². The maximum Gasteiger partial charge on any atom is 0.330 e.